The van der Waals surface area contributed by atoms with Crippen molar-refractivity contribution >= 4 is 22.6 Å². The van der Waals surface area contributed by atoms with Crippen LogP contribution >= 0.6 is 0 Å². The van der Waals surface area contributed by atoms with Gasteiger partial charge in [-0.05, 0) is 57.1 Å². The average Bonchev–Trinajstić information content (AvgIpc) is 3.40. The SMILES string of the molecule is Cc1c(-c2ccccc2)c(N2CC[C@H](N(C)C)C2)n2c(nc3c(C)ccnc32)c1C#N. The van der Waals surface area contributed by atoms with E-state index in [1.165, 1.54) is 0 Å². The predicted octanol–water partition coefficient (Wildman–Crippen LogP) is 4.18. The Kier molecular flexibility index (Phi) is 4.64. The molecule has 0 spiro atoms. The molecule has 4 heterocycles. The number of imidazole rings is 1. The van der Waals surface area contributed by atoms with E-state index in [9.17, 15) is 5.26 Å². The van der Waals surface area contributed by atoms with Crippen LogP contribution in [0.1, 0.15) is 23.1 Å². The van der Waals surface area contributed by atoms with Crippen LogP contribution in [0.5, 0.6) is 0 Å². The fraction of sp³-hybridized carbons (Fsp3) is 0.320. The highest BCUT2D eigenvalue weighted by atomic mass is 15.3. The molecule has 6 nitrogen and oxygen atoms in total. The van der Waals surface area contributed by atoms with Crippen molar-refractivity contribution in [3.8, 4) is 17.2 Å². The fourth-order valence-corrected chi connectivity index (χ4v) is 4.77. The van der Waals surface area contributed by atoms with E-state index in [1.54, 1.807) is 0 Å². The first-order valence-corrected chi connectivity index (χ1v) is 10.7. The van der Waals surface area contributed by atoms with Crippen LogP contribution in [-0.2, 0) is 0 Å². The summed E-state index contributed by atoms with van der Waals surface area (Å²) in [6.07, 6.45) is 2.93. The molecule has 1 aliphatic heterocycles. The zero-order valence-corrected chi connectivity index (χ0v) is 18.4. The number of aryl methyl sites for hydroxylation is 1. The van der Waals surface area contributed by atoms with Gasteiger partial charge in [-0.2, -0.15) is 5.26 Å². The summed E-state index contributed by atoms with van der Waals surface area (Å²) in [6.45, 7) is 5.97. The molecule has 5 rings (SSSR count). The summed E-state index contributed by atoms with van der Waals surface area (Å²) in [4.78, 5) is 14.4. The topological polar surface area (TPSA) is 60.5 Å². The first-order chi connectivity index (χ1) is 15.0. The van der Waals surface area contributed by atoms with Crippen LogP contribution in [0.2, 0.25) is 0 Å². The maximum atomic E-state index is 10.1. The number of nitrogens with zero attached hydrogens (tertiary/aromatic N) is 6. The van der Waals surface area contributed by atoms with E-state index >= 15 is 0 Å². The molecular weight excluding hydrogens is 384 g/mol. The van der Waals surface area contributed by atoms with Gasteiger partial charge in [-0.1, -0.05) is 30.3 Å². The summed E-state index contributed by atoms with van der Waals surface area (Å²) in [5.74, 6) is 1.09. The first-order valence-electron chi connectivity index (χ1n) is 10.7. The summed E-state index contributed by atoms with van der Waals surface area (Å²) in [6, 6.07) is 15.3. The lowest BCUT2D eigenvalue weighted by Crippen LogP contribution is -2.32. The highest BCUT2D eigenvalue weighted by molar-refractivity contribution is 5.91. The van der Waals surface area contributed by atoms with E-state index in [-0.39, 0.29) is 0 Å². The van der Waals surface area contributed by atoms with Gasteiger partial charge in [0.05, 0.1) is 5.56 Å². The van der Waals surface area contributed by atoms with E-state index < -0.39 is 0 Å². The predicted molar refractivity (Wildman–Crippen MR) is 124 cm³/mol. The molecule has 0 N–H and O–H groups in total. The smallest absolute Gasteiger partial charge is 0.166 e. The number of aromatic nitrogens is 3. The summed E-state index contributed by atoms with van der Waals surface area (Å²) >= 11 is 0. The molecule has 31 heavy (non-hydrogen) atoms. The quantitative estimate of drug-likeness (QED) is 0.507. The van der Waals surface area contributed by atoms with Crippen LogP contribution in [0.3, 0.4) is 0 Å². The third-order valence-electron chi connectivity index (χ3n) is 6.52. The van der Waals surface area contributed by atoms with Crippen LogP contribution in [0, 0.1) is 25.2 Å². The van der Waals surface area contributed by atoms with Gasteiger partial charge < -0.3 is 9.80 Å². The van der Waals surface area contributed by atoms with Gasteiger partial charge in [0.2, 0.25) is 0 Å². The molecule has 3 aromatic heterocycles. The van der Waals surface area contributed by atoms with Crippen LogP contribution in [0.4, 0.5) is 5.82 Å². The highest BCUT2D eigenvalue weighted by Gasteiger charge is 2.31. The molecule has 0 saturated carbocycles. The molecule has 0 radical (unpaired) electrons. The van der Waals surface area contributed by atoms with Crippen LogP contribution in [0.15, 0.2) is 42.6 Å². The molecule has 6 heteroatoms. The van der Waals surface area contributed by atoms with Crippen molar-refractivity contribution in [2.45, 2.75) is 26.3 Å². The molecule has 1 atom stereocenters. The Labute approximate surface area is 182 Å². The lowest BCUT2D eigenvalue weighted by molar-refractivity contribution is 0.315. The monoisotopic (exact) mass is 410 g/mol. The van der Waals surface area contributed by atoms with E-state index in [0.29, 0.717) is 17.3 Å². The number of likely N-dealkylation sites (N-methyl/N-ethyl adjacent to an activating group) is 1. The normalized spacial score (nSPS) is 16.5. The minimum Gasteiger partial charge on any atom is -0.355 e. The van der Waals surface area contributed by atoms with Crippen molar-refractivity contribution in [2.75, 3.05) is 32.1 Å². The number of fused-ring (bicyclic) bond motifs is 3. The number of benzene rings is 1. The molecule has 0 unspecified atom stereocenters. The molecule has 1 saturated heterocycles. The lowest BCUT2D eigenvalue weighted by Gasteiger charge is -2.27. The molecule has 1 aromatic carbocycles. The van der Waals surface area contributed by atoms with Gasteiger partial charge in [-0.15, -0.1) is 0 Å². The van der Waals surface area contributed by atoms with Crippen LogP contribution < -0.4 is 4.90 Å². The Morgan fingerprint density at radius 1 is 1.10 bits per heavy atom. The Morgan fingerprint density at radius 2 is 1.87 bits per heavy atom. The van der Waals surface area contributed by atoms with Gasteiger partial charge in [-0.25, -0.2) is 9.97 Å². The van der Waals surface area contributed by atoms with Crippen molar-refractivity contribution in [1.82, 2.24) is 19.3 Å². The average molecular weight is 411 g/mol. The zero-order chi connectivity index (χ0) is 21.7. The summed E-state index contributed by atoms with van der Waals surface area (Å²) in [5.41, 5.74) is 7.21. The molecule has 0 amide bonds. The van der Waals surface area contributed by atoms with Crippen LogP contribution in [-0.4, -0.2) is 52.5 Å². The summed E-state index contributed by atoms with van der Waals surface area (Å²) < 4.78 is 2.12. The number of pyridine rings is 2. The fourth-order valence-electron chi connectivity index (χ4n) is 4.77. The standard InChI is InChI=1S/C25H26N6/c1-16-10-12-27-24-22(16)28-23-20(14-26)17(2)21(18-8-6-5-7-9-18)25(31(23)24)30-13-11-19(15-30)29(3)4/h5-10,12,19H,11,13,15H2,1-4H3/t19-/m0/s1. The minimum absolute atomic E-state index is 0.485. The second kappa shape index (κ2) is 7.36. The first kappa shape index (κ1) is 19.5. The van der Waals surface area contributed by atoms with E-state index in [4.69, 9.17) is 9.97 Å². The van der Waals surface area contributed by atoms with Gasteiger partial charge in [0.1, 0.15) is 17.4 Å². The van der Waals surface area contributed by atoms with E-state index in [1.807, 2.05) is 32.2 Å². The third-order valence-corrected chi connectivity index (χ3v) is 6.52. The van der Waals surface area contributed by atoms with Crippen molar-refractivity contribution in [3.05, 3.63) is 59.3 Å². The number of hydrogen-bond acceptors (Lipinski definition) is 5. The third kappa shape index (κ3) is 2.96. The van der Waals surface area contributed by atoms with Crippen LogP contribution in [0.25, 0.3) is 27.9 Å². The minimum atomic E-state index is 0.485. The van der Waals surface area contributed by atoms with Crippen molar-refractivity contribution in [2.24, 2.45) is 0 Å². The maximum absolute atomic E-state index is 10.1. The number of anilines is 1. The van der Waals surface area contributed by atoms with Gasteiger partial charge in [-0.3, -0.25) is 4.40 Å². The largest absolute Gasteiger partial charge is 0.355 e. The molecular formula is C25H26N6. The highest BCUT2D eigenvalue weighted by Crippen LogP contribution is 2.40. The second-order valence-corrected chi connectivity index (χ2v) is 8.60. The molecule has 156 valence electrons. The van der Waals surface area contributed by atoms with E-state index in [0.717, 1.165) is 58.7 Å². The molecule has 4 aromatic rings. The molecule has 0 aliphatic carbocycles. The van der Waals surface area contributed by atoms with Crippen molar-refractivity contribution in [1.29, 1.82) is 5.26 Å². The van der Waals surface area contributed by atoms with Gasteiger partial charge in [0.25, 0.3) is 0 Å². The van der Waals surface area contributed by atoms with Gasteiger partial charge in [0.15, 0.2) is 11.3 Å². The zero-order valence-electron chi connectivity index (χ0n) is 18.4. The Bertz CT molecular complexity index is 1330. The van der Waals surface area contributed by atoms with Crippen molar-refractivity contribution in [3.63, 3.8) is 0 Å². The van der Waals surface area contributed by atoms with Gasteiger partial charge in [0, 0.05) is 30.9 Å². The van der Waals surface area contributed by atoms with E-state index in [2.05, 4.69) is 58.6 Å². The molecule has 0 bridgehead atoms. The molecule has 1 fully saturated rings. The second-order valence-electron chi connectivity index (χ2n) is 8.60. The Balaban J connectivity index is 1.93. The van der Waals surface area contributed by atoms with Gasteiger partial charge >= 0.3 is 0 Å². The number of nitriles is 1. The lowest BCUT2D eigenvalue weighted by atomic mass is 9.97. The summed E-state index contributed by atoms with van der Waals surface area (Å²) in [7, 11) is 4.28. The summed E-state index contributed by atoms with van der Waals surface area (Å²) in [5, 5.41) is 10.1. The van der Waals surface area contributed by atoms with Crippen molar-refractivity contribution < 1.29 is 0 Å². The Hall–Kier alpha value is -3.43. The molecule has 1 aliphatic rings. The maximum Gasteiger partial charge on any atom is 0.166 e. The Morgan fingerprint density at radius 3 is 2.55 bits per heavy atom. The number of rotatable bonds is 3. The number of hydrogen-bond donors (Lipinski definition) is 0.